The predicted molar refractivity (Wildman–Crippen MR) is 164 cm³/mol. The highest BCUT2D eigenvalue weighted by molar-refractivity contribution is 7.92. The lowest BCUT2D eigenvalue weighted by molar-refractivity contribution is -0.00545. The quantitative estimate of drug-likeness (QED) is 0.344. The van der Waals surface area contributed by atoms with Crippen molar-refractivity contribution >= 4 is 32.5 Å². The monoisotopic (exact) mass is 601 g/mol. The highest BCUT2D eigenvalue weighted by atomic mass is 32.2. The van der Waals surface area contributed by atoms with Gasteiger partial charge in [0.05, 0.1) is 64.7 Å². The van der Waals surface area contributed by atoms with Gasteiger partial charge in [-0.3, -0.25) is 9.78 Å². The first kappa shape index (κ1) is 29.2. The number of morpholine rings is 1. The lowest BCUT2D eigenvalue weighted by Gasteiger charge is -2.36. The fraction of sp³-hybridized carbons (Fsp3) is 0.375. The van der Waals surface area contributed by atoms with E-state index in [2.05, 4.69) is 29.0 Å². The van der Waals surface area contributed by atoms with Crippen LogP contribution < -0.4 is 10.2 Å². The van der Waals surface area contributed by atoms with Crippen LogP contribution in [0.5, 0.6) is 0 Å². The van der Waals surface area contributed by atoms with Crippen LogP contribution in [0.4, 0.5) is 5.82 Å². The van der Waals surface area contributed by atoms with Gasteiger partial charge >= 0.3 is 0 Å². The van der Waals surface area contributed by atoms with Crippen LogP contribution in [0.25, 0.3) is 22.3 Å². The molecule has 3 aromatic heterocycles. The van der Waals surface area contributed by atoms with Crippen LogP contribution in [0.1, 0.15) is 48.8 Å². The molecule has 0 aliphatic carbocycles. The highest BCUT2D eigenvalue weighted by Crippen LogP contribution is 2.28. The molecule has 4 aromatic rings. The van der Waals surface area contributed by atoms with E-state index < -0.39 is 15.1 Å². The van der Waals surface area contributed by atoms with Gasteiger partial charge < -0.3 is 19.7 Å². The second-order valence-electron chi connectivity index (χ2n) is 11.2. The van der Waals surface area contributed by atoms with Gasteiger partial charge in [0.25, 0.3) is 5.91 Å². The number of hydrogen-bond donors (Lipinski definition) is 1. The molecule has 2 aliphatic heterocycles. The summed E-state index contributed by atoms with van der Waals surface area (Å²) in [6.07, 6.45) is 2.43. The molecule has 2 aliphatic rings. The van der Waals surface area contributed by atoms with Gasteiger partial charge in [0.1, 0.15) is 5.82 Å². The Balaban J connectivity index is 1.19. The summed E-state index contributed by atoms with van der Waals surface area (Å²) in [5, 5.41) is 3.11. The van der Waals surface area contributed by atoms with E-state index in [0.29, 0.717) is 17.7 Å². The number of carbonyl (C=O) groups is 1. The molecule has 10 nitrogen and oxygen atoms in total. The summed E-state index contributed by atoms with van der Waals surface area (Å²) in [5.74, 6) is 0.510. The van der Waals surface area contributed by atoms with Gasteiger partial charge in [-0.15, -0.1) is 0 Å². The van der Waals surface area contributed by atoms with Crippen LogP contribution in [0, 0.1) is 0 Å². The van der Waals surface area contributed by atoms with E-state index in [0.717, 1.165) is 41.2 Å². The van der Waals surface area contributed by atoms with E-state index >= 15 is 0 Å². The van der Waals surface area contributed by atoms with Crippen LogP contribution in [0.2, 0.25) is 0 Å². The maximum atomic E-state index is 13.1. The number of pyridine rings is 3. The summed E-state index contributed by atoms with van der Waals surface area (Å²) in [5.41, 5.74) is 3.72. The second kappa shape index (κ2) is 12.0. The van der Waals surface area contributed by atoms with Crippen molar-refractivity contribution in [3.05, 3.63) is 77.6 Å². The number of amides is 1. The third-order valence-electron chi connectivity index (χ3n) is 7.89. The molecule has 1 amide bonds. The van der Waals surface area contributed by atoms with Crippen molar-refractivity contribution in [1.29, 1.82) is 0 Å². The molecule has 0 spiro atoms. The number of carbonyl (C=O) groups excluding carboxylic acids is 1. The summed E-state index contributed by atoms with van der Waals surface area (Å²) in [6, 6.07) is 16.4. The van der Waals surface area contributed by atoms with E-state index in [1.807, 2.05) is 43.3 Å². The first-order valence-corrected chi connectivity index (χ1v) is 16.1. The van der Waals surface area contributed by atoms with Gasteiger partial charge in [-0.05, 0) is 68.3 Å². The Labute approximate surface area is 251 Å². The Morgan fingerprint density at radius 2 is 1.81 bits per heavy atom. The zero-order valence-electron chi connectivity index (χ0n) is 24.5. The van der Waals surface area contributed by atoms with Crippen LogP contribution in [-0.2, 0) is 32.5 Å². The highest BCUT2D eigenvalue weighted by Gasteiger charge is 2.32. The normalized spacial score (nSPS) is 21.7. The smallest absolute Gasteiger partial charge is 0.251 e. The third-order valence-corrected chi connectivity index (χ3v) is 10.2. The van der Waals surface area contributed by atoms with Gasteiger partial charge in [0, 0.05) is 30.2 Å². The summed E-state index contributed by atoms with van der Waals surface area (Å²) in [7, 11) is -3.60. The number of hydrogen-bond acceptors (Lipinski definition) is 9. The van der Waals surface area contributed by atoms with E-state index in [1.54, 1.807) is 18.3 Å². The molecule has 0 bridgehead atoms. The third kappa shape index (κ3) is 6.11. The van der Waals surface area contributed by atoms with Crippen molar-refractivity contribution in [3.8, 4) is 11.4 Å². The molecule has 1 N–H and O–H groups in total. The van der Waals surface area contributed by atoms with Crippen LogP contribution >= 0.6 is 0 Å². The van der Waals surface area contributed by atoms with Crippen molar-refractivity contribution in [2.24, 2.45) is 0 Å². The minimum absolute atomic E-state index is 0.132. The molecule has 0 radical (unpaired) electrons. The van der Waals surface area contributed by atoms with E-state index in [4.69, 9.17) is 19.4 Å². The Morgan fingerprint density at radius 3 is 2.60 bits per heavy atom. The topological polar surface area (TPSA) is 124 Å². The molecule has 1 fully saturated rings. The van der Waals surface area contributed by atoms with Crippen molar-refractivity contribution < 1.29 is 22.7 Å². The van der Waals surface area contributed by atoms with E-state index in [9.17, 15) is 13.2 Å². The van der Waals surface area contributed by atoms with E-state index in [1.165, 1.54) is 6.07 Å². The number of rotatable bonds is 6. The van der Waals surface area contributed by atoms with Gasteiger partial charge in [-0.1, -0.05) is 19.1 Å². The maximum Gasteiger partial charge on any atom is 0.251 e. The Hall–Kier alpha value is -3.93. The number of nitrogens with one attached hydrogen (secondary N) is 1. The van der Waals surface area contributed by atoms with Gasteiger partial charge in [-0.25, -0.2) is 18.4 Å². The summed E-state index contributed by atoms with van der Waals surface area (Å²) < 4.78 is 37.7. The fourth-order valence-electron chi connectivity index (χ4n) is 5.66. The van der Waals surface area contributed by atoms with Gasteiger partial charge in [-0.2, -0.15) is 0 Å². The lowest BCUT2D eigenvalue weighted by Crippen LogP contribution is -2.45. The maximum absolute atomic E-state index is 13.1. The molecule has 43 heavy (non-hydrogen) atoms. The average Bonchev–Trinajstić information content (AvgIpc) is 3.13. The molecular formula is C32H35N5O5S. The lowest BCUT2D eigenvalue weighted by atomic mass is 10.1. The minimum Gasteiger partial charge on any atom is -0.375 e. The predicted octanol–water partition coefficient (Wildman–Crippen LogP) is 4.32. The standard InChI is InChI=1S/C32H35N5O5S/c1-4-26-19-41-18-24-9-8-22(12-30(24)43(26,39)40)32(38)34-15-25-13-29-23(14-33-25)10-11-28(35-29)27-6-5-7-31(36-27)37-16-20(2)42-21(3)17-37/h5-14,20-21,26H,4,15-19H2,1-3H3,(H,34,38)/t20-,21+,26-/m1/s1. The average molecular weight is 602 g/mol. The minimum atomic E-state index is -3.60. The van der Waals surface area contributed by atoms with Crippen molar-refractivity contribution in [2.75, 3.05) is 24.6 Å². The number of fused-ring (bicyclic) bond motifs is 2. The zero-order valence-corrected chi connectivity index (χ0v) is 25.3. The van der Waals surface area contributed by atoms with E-state index in [-0.39, 0.29) is 48.3 Å². The van der Waals surface area contributed by atoms with Crippen molar-refractivity contribution in [1.82, 2.24) is 20.3 Å². The SMILES string of the molecule is CC[C@@H]1COCc2ccc(C(=O)NCc3cc4nc(-c5cccc(N6C[C@@H](C)O[C@@H](C)C6)n5)ccc4cn3)cc2S1(=O)=O. The molecule has 224 valence electrons. The fourth-order valence-corrected chi connectivity index (χ4v) is 7.52. The zero-order chi connectivity index (χ0) is 30.1. The van der Waals surface area contributed by atoms with Crippen molar-refractivity contribution in [2.45, 2.75) is 62.7 Å². The molecule has 6 rings (SSSR count). The first-order chi connectivity index (χ1) is 20.7. The largest absolute Gasteiger partial charge is 0.375 e. The van der Waals surface area contributed by atoms with Crippen LogP contribution in [0.3, 0.4) is 0 Å². The molecule has 0 unspecified atom stereocenters. The second-order valence-corrected chi connectivity index (χ2v) is 13.4. The van der Waals surface area contributed by atoms with Gasteiger partial charge in [0.15, 0.2) is 9.84 Å². The molecular weight excluding hydrogens is 566 g/mol. The summed E-state index contributed by atoms with van der Waals surface area (Å²) in [6.45, 7) is 8.03. The summed E-state index contributed by atoms with van der Waals surface area (Å²) in [4.78, 5) is 29.7. The number of benzene rings is 1. The summed E-state index contributed by atoms with van der Waals surface area (Å²) >= 11 is 0. The Bertz CT molecular complexity index is 1770. The number of aromatic nitrogens is 3. The molecule has 1 saturated heterocycles. The molecule has 11 heteroatoms. The Morgan fingerprint density at radius 1 is 1.02 bits per heavy atom. The number of nitrogens with zero attached hydrogens (tertiary/aromatic N) is 4. The molecule has 5 heterocycles. The molecule has 0 saturated carbocycles. The van der Waals surface area contributed by atoms with Crippen molar-refractivity contribution in [3.63, 3.8) is 0 Å². The number of sulfone groups is 1. The molecule has 3 atom stereocenters. The molecule has 1 aromatic carbocycles. The number of anilines is 1. The van der Waals surface area contributed by atoms with Gasteiger partial charge in [0.2, 0.25) is 0 Å². The first-order valence-electron chi connectivity index (χ1n) is 14.6. The Kier molecular flexibility index (Phi) is 8.13. The van der Waals surface area contributed by atoms with Crippen LogP contribution in [-0.4, -0.2) is 66.4 Å². The van der Waals surface area contributed by atoms with Crippen LogP contribution in [0.15, 0.2) is 65.7 Å². The number of ether oxygens (including phenoxy) is 2.